The van der Waals surface area contributed by atoms with Gasteiger partial charge in [0.25, 0.3) is 18.2 Å². The van der Waals surface area contributed by atoms with Gasteiger partial charge in [0.15, 0.2) is 5.60 Å². The van der Waals surface area contributed by atoms with Crippen LogP contribution < -0.4 is 10.2 Å². The maximum absolute atomic E-state index is 14.6. The summed E-state index contributed by atoms with van der Waals surface area (Å²) in [5.41, 5.74) is -3.32. The molecule has 12 heteroatoms. The second-order valence-electron chi connectivity index (χ2n) is 9.72. The van der Waals surface area contributed by atoms with E-state index in [0.717, 1.165) is 30.6 Å². The molecule has 3 aromatic rings. The van der Waals surface area contributed by atoms with Crippen molar-refractivity contribution >= 4 is 29.1 Å². The summed E-state index contributed by atoms with van der Waals surface area (Å²) in [7, 11) is 0. The molecule has 3 heterocycles. The van der Waals surface area contributed by atoms with Crippen molar-refractivity contribution in [3.8, 4) is 0 Å². The monoisotopic (exact) mass is 562 g/mol. The second kappa shape index (κ2) is 10.5. The van der Waals surface area contributed by atoms with Gasteiger partial charge in [-0.15, -0.1) is 0 Å². The molecule has 1 aliphatic carbocycles. The van der Waals surface area contributed by atoms with Crippen LogP contribution >= 0.6 is 11.6 Å². The van der Waals surface area contributed by atoms with Crippen molar-refractivity contribution in [2.24, 2.45) is 5.92 Å². The summed E-state index contributed by atoms with van der Waals surface area (Å²) in [6.45, 7) is 0.138. The quantitative estimate of drug-likeness (QED) is 0.416. The minimum atomic E-state index is -2.94. The number of rotatable bonds is 6. The van der Waals surface area contributed by atoms with Gasteiger partial charge in [-0.25, -0.2) is 17.6 Å². The van der Waals surface area contributed by atoms with Gasteiger partial charge < -0.3 is 15.3 Å². The van der Waals surface area contributed by atoms with Gasteiger partial charge >= 0.3 is 0 Å². The summed E-state index contributed by atoms with van der Waals surface area (Å²) in [5, 5.41) is 14.3. The fourth-order valence-corrected chi connectivity index (χ4v) is 5.54. The van der Waals surface area contributed by atoms with Gasteiger partial charge in [0, 0.05) is 36.1 Å². The maximum atomic E-state index is 14.6. The van der Waals surface area contributed by atoms with Crippen LogP contribution in [-0.2, 0) is 10.4 Å². The number of carbonyl (C=O) groups is 2. The molecule has 1 unspecified atom stereocenters. The third-order valence-corrected chi connectivity index (χ3v) is 7.52. The van der Waals surface area contributed by atoms with E-state index < -0.39 is 41.2 Å². The van der Waals surface area contributed by atoms with Crippen molar-refractivity contribution in [2.45, 2.75) is 43.8 Å². The molecule has 0 radical (unpaired) electrons. The number of pyridine rings is 2. The van der Waals surface area contributed by atoms with Gasteiger partial charge in [0.2, 0.25) is 0 Å². The lowest BCUT2D eigenvalue weighted by Crippen LogP contribution is -2.45. The maximum Gasteiger partial charge on any atom is 0.281 e. The highest BCUT2D eigenvalue weighted by atomic mass is 35.5. The Hall–Kier alpha value is -3.57. The summed E-state index contributed by atoms with van der Waals surface area (Å²) < 4.78 is 55.4. The van der Waals surface area contributed by atoms with Crippen LogP contribution in [0.2, 0.25) is 5.02 Å². The van der Waals surface area contributed by atoms with E-state index in [1.54, 1.807) is 0 Å². The van der Waals surface area contributed by atoms with Crippen LogP contribution in [0.4, 0.5) is 23.2 Å². The fraction of sp³-hybridized carbons (Fsp3) is 0.333. The molecular weight excluding hydrogens is 540 g/mol. The van der Waals surface area contributed by atoms with Crippen LogP contribution in [0.3, 0.4) is 0 Å². The predicted octanol–water partition coefficient (Wildman–Crippen LogP) is 4.92. The van der Waals surface area contributed by atoms with E-state index in [-0.39, 0.29) is 45.9 Å². The van der Waals surface area contributed by atoms with Gasteiger partial charge in [-0.2, -0.15) is 0 Å². The Balaban J connectivity index is 1.29. The Kier molecular flexibility index (Phi) is 7.30. The highest BCUT2D eigenvalue weighted by Crippen LogP contribution is 2.46. The van der Waals surface area contributed by atoms with Crippen LogP contribution in [0.5, 0.6) is 0 Å². The van der Waals surface area contributed by atoms with Crippen LogP contribution in [0.1, 0.15) is 59.3 Å². The molecule has 1 aliphatic heterocycles. The molecule has 2 amide bonds. The molecule has 39 heavy (non-hydrogen) atoms. The minimum absolute atomic E-state index is 0.0619. The summed E-state index contributed by atoms with van der Waals surface area (Å²) in [6, 6.07) is 5.57. The molecule has 1 saturated carbocycles. The fourth-order valence-electron chi connectivity index (χ4n) is 5.38. The van der Waals surface area contributed by atoms with Gasteiger partial charge in [0.05, 0.1) is 22.5 Å². The number of anilines is 1. The van der Waals surface area contributed by atoms with Crippen LogP contribution in [-0.4, -0.2) is 39.5 Å². The number of hydrogen-bond acceptors (Lipinski definition) is 5. The standard InChI is InChI=1S/C27H23ClF4N4O3/c28-15-9-18(23(24(31)32)34-11-15)25(37)35-17-4-1-14(2-5-17)13-36-22-10-16(29)3-6-20(22)27(39,26(36)38)19-7-8-33-12-21(19)30/h3,6-12,14,17,24,39H,1-2,4-5,13H2,(H,35,37)/t14-,17-,27?. The number of aliphatic hydroxyl groups is 1. The Morgan fingerprint density at radius 1 is 1.13 bits per heavy atom. The zero-order chi connectivity index (χ0) is 27.9. The van der Waals surface area contributed by atoms with Crippen molar-refractivity contribution in [3.63, 3.8) is 0 Å². The number of alkyl halides is 2. The van der Waals surface area contributed by atoms with Crippen LogP contribution in [0.25, 0.3) is 0 Å². The minimum Gasteiger partial charge on any atom is -0.372 e. The SMILES string of the molecule is O=C(N[C@H]1CC[C@H](CN2C(=O)C(O)(c3ccncc3F)c3ccc(F)cc32)CC1)c1cc(Cl)cnc1C(F)F. The lowest BCUT2D eigenvalue weighted by atomic mass is 9.85. The van der Waals surface area contributed by atoms with E-state index >= 15 is 0 Å². The third-order valence-electron chi connectivity index (χ3n) is 7.32. The first-order valence-corrected chi connectivity index (χ1v) is 12.7. The van der Waals surface area contributed by atoms with E-state index in [4.69, 9.17) is 11.6 Å². The summed E-state index contributed by atoms with van der Waals surface area (Å²) >= 11 is 5.85. The molecule has 0 spiro atoms. The highest BCUT2D eigenvalue weighted by molar-refractivity contribution is 6.30. The Morgan fingerprint density at radius 2 is 1.87 bits per heavy atom. The number of fused-ring (bicyclic) bond motifs is 1. The van der Waals surface area contributed by atoms with E-state index in [1.807, 2.05) is 0 Å². The molecule has 1 fully saturated rings. The number of nitrogens with zero attached hydrogens (tertiary/aromatic N) is 3. The normalized spacial score (nSPS) is 22.7. The predicted molar refractivity (Wildman–Crippen MR) is 133 cm³/mol. The average Bonchev–Trinajstić information content (AvgIpc) is 3.11. The van der Waals surface area contributed by atoms with Crippen LogP contribution in [0.15, 0.2) is 48.9 Å². The molecule has 2 aromatic heterocycles. The Bertz CT molecular complexity index is 1430. The number of carbonyl (C=O) groups excluding carboxylic acids is 2. The van der Waals surface area contributed by atoms with Crippen molar-refractivity contribution in [1.29, 1.82) is 0 Å². The van der Waals surface area contributed by atoms with E-state index in [0.29, 0.717) is 25.7 Å². The van der Waals surface area contributed by atoms with Crippen molar-refractivity contribution in [3.05, 3.63) is 88.0 Å². The molecule has 5 rings (SSSR count). The Labute approximate surface area is 225 Å². The molecule has 204 valence electrons. The zero-order valence-corrected chi connectivity index (χ0v) is 21.1. The molecule has 1 atom stereocenters. The first kappa shape index (κ1) is 27.0. The van der Waals surface area contributed by atoms with Crippen molar-refractivity contribution in [2.75, 3.05) is 11.4 Å². The van der Waals surface area contributed by atoms with E-state index in [2.05, 4.69) is 15.3 Å². The molecule has 1 aromatic carbocycles. The number of aromatic nitrogens is 2. The molecular formula is C27H23ClF4N4O3. The van der Waals surface area contributed by atoms with Gasteiger partial charge in [-0.1, -0.05) is 17.7 Å². The van der Waals surface area contributed by atoms with Crippen molar-refractivity contribution < 1.29 is 32.3 Å². The lowest BCUT2D eigenvalue weighted by molar-refractivity contribution is -0.132. The molecule has 2 N–H and O–H groups in total. The van der Waals surface area contributed by atoms with E-state index in [1.165, 1.54) is 23.2 Å². The van der Waals surface area contributed by atoms with Gasteiger partial charge in [-0.3, -0.25) is 19.6 Å². The second-order valence-corrected chi connectivity index (χ2v) is 10.2. The smallest absolute Gasteiger partial charge is 0.281 e. The number of hydrogen-bond donors (Lipinski definition) is 2. The van der Waals surface area contributed by atoms with E-state index in [9.17, 15) is 32.3 Å². The van der Waals surface area contributed by atoms with Gasteiger partial charge in [-0.05, 0) is 55.9 Å². The van der Waals surface area contributed by atoms with Gasteiger partial charge in [0.1, 0.15) is 17.3 Å². The zero-order valence-electron chi connectivity index (χ0n) is 20.4. The largest absolute Gasteiger partial charge is 0.372 e. The van der Waals surface area contributed by atoms with Crippen LogP contribution in [0, 0.1) is 17.6 Å². The molecule has 2 aliphatic rings. The van der Waals surface area contributed by atoms with Crippen molar-refractivity contribution in [1.82, 2.24) is 15.3 Å². The third kappa shape index (κ3) is 4.96. The first-order valence-electron chi connectivity index (χ1n) is 12.3. The topological polar surface area (TPSA) is 95.4 Å². The highest BCUT2D eigenvalue weighted by Gasteiger charge is 2.53. The Morgan fingerprint density at radius 3 is 2.56 bits per heavy atom. The summed E-state index contributed by atoms with van der Waals surface area (Å²) in [6.07, 6.45) is 2.36. The average molecular weight is 563 g/mol. The number of nitrogens with one attached hydrogen (secondary N) is 1. The summed E-state index contributed by atoms with van der Waals surface area (Å²) in [4.78, 5) is 34.8. The molecule has 7 nitrogen and oxygen atoms in total. The molecule has 0 bridgehead atoms. The number of benzene rings is 1. The molecule has 0 saturated heterocycles. The lowest BCUT2D eigenvalue weighted by Gasteiger charge is -2.32. The number of halogens is 5. The number of amides is 2. The first-order chi connectivity index (χ1) is 18.6. The summed E-state index contributed by atoms with van der Waals surface area (Å²) in [5.74, 6) is -3.06.